The molecule has 0 spiro atoms. The molecule has 2 amide bonds. The molecule has 0 radical (unpaired) electrons. The first-order valence-electron chi connectivity index (χ1n) is 11.3. The van der Waals surface area contributed by atoms with E-state index in [0.29, 0.717) is 28.6 Å². The molecule has 2 aromatic carbocycles. The minimum atomic E-state index is -0.256. The van der Waals surface area contributed by atoms with Crippen molar-refractivity contribution in [3.8, 4) is 5.75 Å². The molecule has 1 aromatic heterocycles. The monoisotopic (exact) mass is 458 g/mol. The molecule has 3 heterocycles. The third-order valence-corrected chi connectivity index (χ3v) is 7.34. The lowest BCUT2D eigenvalue weighted by Gasteiger charge is -2.34. The predicted octanol–water partition coefficient (Wildman–Crippen LogP) is 5.00. The van der Waals surface area contributed by atoms with E-state index >= 15 is 0 Å². The molecule has 6 heteroatoms. The lowest BCUT2D eigenvalue weighted by atomic mass is 9.90. The predicted molar refractivity (Wildman–Crippen MR) is 131 cm³/mol. The van der Waals surface area contributed by atoms with Gasteiger partial charge < -0.3 is 9.64 Å². The Kier molecular flexibility index (Phi) is 6.01. The molecule has 0 bridgehead atoms. The molecule has 5 rings (SSSR count). The molecular weight excluding hydrogens is 432 g/mol. The van der Waals surface area contributed by atoms with Crippen molar-refractivity contribution in [2.24, 2.45) is 5.92 Å². The van der Waals surface area contributed by atoms with Crippen LogP contribution in [0.4, 0.5) is 5.69 Å². The van der Waals surface area contributed by atoms with Crippen molar-refractivity contribution in [1.82, 2.24) is 4.90 Å². The Morgan fingerprint density at radius 2 is 1.64 bits per heavy atom. The van der Waals surface area contributed by atoms with E-state index in [1.807, 2.05) is 23.6 Å². The number of piperidine rings is 1. The molecule has 0 N–H and O–H groups in total. The minimum absolute atomic E-state index is 0.241. The number of methoxy groups -OCH3 is 1. The molecular formula is C27H26N2O3S. The van der Waals surface area contributed by atoms with Gasteiger partial charge in [0.25, 0.3) is 11.8 Å². The summed E-state index contributed by atoms with van der Waals surface area (Å²) in [5.41, 5.74) is 2.98. The lowest BCUT2D eigenvalue weighted by Crippen LogP contribution is -2.39. The van der Waals surface area contributed by atoms with Crippen LogP contribution in [-0.2, 0) is 16.0 Å². The third-order valence-electron chi connectivity index (χ3n) is 6.46. The summed E-state index contributed by atoms with van der Waals surface area (Å²) >= 11 is 1.50. The third kappa shape index (κ3) is 4.18. The SMILES string of the molecule is COc1ccc(N2C(=O)C(c3cccs3)=C(N3CCC(Cc4ccccc4)CC3)C2=O)cc1. The van der Waals surface area contributed by atoms with E-state index in [4.69, 9.17) is 4.74 Å². The van der Waals surface area contributed by atoms with Crippen LogP contribution in [-0.4, -0.2) is 36.9 Å². The van der Waals surface area contributed by atoms with Gasteiger partial charge in [0.2, 0.25) is 0 Å². The maximum atomic E-state index is 13.6. The van der Waals surface area contributed by atoms with Crippen LogP contribution in [0.15, 0.2) is 77.8 Å². The highest BCUT2D eigenvalue weighted by atomic mass is 32.1. The van der Waals surface area contributed by atoms with Crippen molar-refractivity contribution < 1.29 is 14.3 Å². The van der Waals surface area contributed by atoms with E-state index in [2.05, 4.69) is 29.2 Å². The van der Waals surface area contributed by atoms with E-state index in [9.17, 15) is 9.59 Å². The summed E-state index contributed by atoms with van der Waals surface area (Å²) in [6.45, 7) is 1.55. The van der Waals surface area contributed by atoms with Crippen LogP contribution < -0.4 is 9.64 Å². The van der Waals surface area contributed by atoms with Crippen LogP contribution in [0.25, 0.3) is 5.57 Å². The molecule has 2 aliphatic heterocycles. The summed E-state index contributed by atoms with van der Waals surface area (Å²) in [6, 6.07) is 21.5. The van der Waals surface area contributed by atoms with Crippen molar-refractivity contribution in [2.45, 2.75) is 19.3 Å². The summed E-state index contributed by atoms with van der Waals surface area (Å²) in [5, 5.41) is 1.94. The molecule has 168 valence electrons. The zero-order valence-electron chi connectivity index (χ0n) is 18.6. The Labute approximate surface area is 197 Å². The highest BCUT2D eigenvalue weighted by Crippen LogP contribution is 2.38. The summed E-state index contributed by atoms with van der Waals surface area (Å²) in [7, 11) is 1.59. The zero-order chi connectivity index (χ0) is 22.8. The summed E-state index contributed by atoms with van der Waals surface area (Å²) in [6.07, 6.45) is 3.05. The second-order valence-electron chi connectivity index (χ2n) is 8.46. The number of hydrogen-bond acceptors (Lipinski definition) is 5. The molecule has 3 aromatic rings. The van der Waals surface area contributed by atoms with Crippen LogP contribution in [0, 0.1) is 5.92 Å². The van der Waals surface area contributed by atoms with Gasteiger partial charge in [0, 0.05) is 18.0 Å². The van der Waals surface area contributed by atoms with Gasteiger partial charge in [-0.05, 0) is 66.5 Å². The summed E-state index contributed by atoms with van der Waals surface area (Å²) < 4.78 is 5.23. The maximum absolute atomic E-state index is 13.6. The highest BCUT2D eigenvalue weighted by molar-refractivity contribution is 7.11. The van der Waals surface area contributed by atoms with Crippen molar-refractivity contribution in [2.75, 3.05) is 25.1 Å². The van der Waals surface area contributed by atoms with Crippen LogP contribution in [0.3, 0.4) is 0 Å². The van der Waals surface area contributed by atoms with Gasteiger partial charge >= 0.3 is 0 Å². The van der Waals surface area contributed by atoms with E-state index in [-0.39, 0.29) is 11.8 Å². The normalized spacial score (nSPS) is 17.2. The molecule has 0 atom stereocenters. The molecule has 5 nitrogen and oxygen atoms in total. The maximum Gasteiger partial charge on any atom is 0.282 e. The first-order valence-corrected chi connectivity index (χ1v) is 12.1. The number of rotatable bonds is 6. The molecule has 0 saturated carbocycles. The van der Waals surface area contributed by atoms with Gasteiger partial charge in [0.15, 0.2) is 0 Å². The highest BCUT2D eigenvalue weighted by Gasteiger charge is 2.43. The fraction of sp³-hybridized carbons (Fsp3) is 0.259. The zero-order valence-corrected chi connectivity index (χ0v) is 19.4. The number of imide groups is 1. The second kappa shape index (κ2) is 9.24. The average molecular weight is 459 g/mol. The number of hydrogen-bond donors (Lipinski definition) is 0. The van der Waals surface area contributed by atoms with Gasteiger partial charge in [-0.3, -0.25) is 9.59 Å². The van der Waals surface area contributed by atoms with Crippen molar-refractivity contribution in [1.29, 1.82) is 0 Å². The van der Waals surface area contributed by atoms with Gasteiger partial charge in [-0.1, -0.05) is 36.4 Å². The first-order chi connectivity index (χ1) is 16.2. The van der Waals surface area contributed by atoms with E-state index < -0.39 is 0 Å². The van der Waals surface area contributed by atoms with Crippen LogP contribution in [0.1, 0.15) is 23.3 Å². The van der Waals surface area contributed by atoms with Crippen LogP contribution >= 0.6 is 11.3 Å². The van der Waals surface area contributed by atoms with Gasteiger partial charge in [-0.25, -0.2) is 4.90 Å². The first kappa shape index (κ1) is 21.5. The van der Waals surface area contributed by atoms with Crippen LogP contribution in [0.5, 0.6) is 5.75 Å². The van der Waals surface area contributed by atoms with E-state index in [1.54, 1.807) is 31.4 Å². The lowest BCUT2D eigenvalue weighted by molar-refractivity contribution is -0.120. The smallest absolute Gasteiger partial charge is 0.282 e. The molecule has 0 aliphatic carbocycles. The topological polar surface area (TPSA) is 49.9 Å². The average Bonchev–Trinajstić information content (AvgIpc) is 3.46. The second-order valence-corrected chi connectivity index (χ2v) is 9.41. The minimum Gasteiger partial charge on any atom is -0.497 e. The van der Waals surface area contributed by atoms with Crippen molar-refractivity contribution in [3.63, 3.8) is 0 Å². The largest absolute Gasteiger partial charge is 0.497 e. The number of benzene rings is 2. The Morgan fingerprint density at radius 3 is 2.27 bits per heavy atom. The van der Waals surface area contributed by atoms with E-state index in [0.717, 1.165) is 37.2 Å². The fourth-order valence-electron chi connectivity index (χ4n) is 4.73. The fourth-order valence-corrected chi connectivity index (χ4v) is 5.49. The number of anilines is 1. The number of ether oxygens (including phenoxy) is 1. The van der Waals surface area contributed by atoms with Crippen LogP contribution in [0.2, 0.25) is 0 Å². The van der Waals surface area contributed by atoms with Gasteiger partial charge in [0.1, 0.15) is 11.4 Å². The number of nitrogens with zero attached hydrogens (tertiary/aromatic N) is 2. The van der Waals surface area contributed by atoms with Crippen molar-refractivity contribution in [3.05, 3.63) is 88.2 Å². The molecule has 1 saturated heterocycles. The Bertz CT molecular complexity index is 1160. The molecule has 2 aliphatic rings. The van der Waals surface area contributed by atoms with Crippen molar-refractivity contribution >= 4 is 34.4 Å². The molecule has 33 heavy (non-hydrogen) atoms. The summed E-state index contributed by atoms with van der Waals surface area (Å²) in [5.74, 6) is 0.772. The number of likely N-dealkylation sites (tertiary alicyclic amines) is 1. The van der Waals surface area contributed by atoms with Gasteiger partial charge in [-0.2, -0.15) is 0 Å². The Hall–Kier alpha value is -3.38. The molecule has 1 fully saturated rings. The summed E-state index contributed by atoms with van der Waals surface area (Å²) in [4.78, 5) is 31.4. The molecule has 0 unspecified atom stereocenters. The van der Waals surface area contributed by atoms with E-state index in [1.165, 1.54) is 21.8 Å². The number of thiophene rings is 1. The Morgan fingerprint density at radius 1 is 0.909 bits per heavy atom. The quantitative estimate of drug-likeness (QED) is 0.488. The Balaban J connectivity index is 1.40. The van der Waals surface area contributed by atoms with Gasteiger partial charge in [0.05, 0.1) is 18.4 Å². The number of amides is 2. The van der Waals surface area contributed by atoms with Gasteiger partial charge in [-0.15, -0.1) is 11.3 Å². The standard InChI is InChI=1S/C27H26N2O3S/c1-32-22-11-9-21(10-12-22)29-26(30)24(23-8-5-17-33-23)25(27(29)31)28-15-13-20(14-16-28)18-19-6-3-2-4-7-19/h2-12,17,20H,13-16,18H2,1H3. The number of carbonyl (C=O) groups is 2. The number of carbonyl (C=O) groups excluding carboxylic acids is 2.